The number of ether oxygens (including phenoxy) is 2. The number of methoxy groups -OCH3 is 1. The molecule has 128 valence electrons. The van der Waals surface area contributed by atoms with Crippen LogP contribution in [-0.4, -0.2) is 57.9 Å². The van der Waals surface area contributed by atoms with E-state index in [2.05, 4.69) is 15.2 Å². The molecule has 1 heterocycles. The molecular formula is C17H26ClN3O2. The van der Waals surface area contributed by atoms with Crippen molar-refractivity contribution in [1.82, 2.24) is 10.2 Å². The van der Waals surface area contributed by atoms with Crippen LogP contribution >= 0.6 is 11.6 Å². The predicted octanol–water partition coefficient (Wildman–Crippen LogP) is 2.40. The molecule has 6 heteroatoms. The fourth-order valence-corrected chi connectivity index (χ4v) is 2.79. The van der Waals surface area contributed by atoms with E-state index < -0.39 is 0 Å². The summed E-state index contributed by atoms with van der Waals surface area (Å²) in [6, 6.07) is 7.87. The van der Waals surface area contributed by atoms with Crippen LogP contribution in [0.3, 0.4) is 0 Å². The number of aliphatic imine (C=N–C) groups is 1. The van der Waals surface area contributed by atoms with Crippen molar-refractivity contribution >= 4 is 17.6 Å². The van der Waals surface area contributed by atoms with Crippen LogP contribution in [0.1, 0.15) is 12.0 Å². The van der Waals surface area contributed by atoms with E-state index in [0.29, 0.717) is 19.1 Å². The first-order valence-electron chi connectivity index (χ1n) is 7.99. The van der Waals surface area contributed by atoms with E-state index in [1.54, 1.807) is 7.11 Å². The number of hydrogen-bond donors (Lipinski definition) is 1. The van der Waals surface area contributed by atoms with Crippen LogP contribution < -0.4 is 5.32 Å². The first-order chi connectivity index (χ1) is 11.2. The summed E-state index contributed by atoms with van der Waals surface area (Å²) >= 11 is 5.91. The number of guanidine groups is 1. The van der Waals surface area contributed by atoms with Crippen LogP contribution in [0.2, 0.25) is 5.02 Å². The molecule has 1 aliphatic rings. The Bertz CT molecular complexity index is 493. The van der Waals surface area contributed by atoms with Gasteiger partial charge in [0.2, 0.25) is 0 Å². The predicted molar refractivity (Wildman–Crippen MR) is 94.0 cm³/mol. The highest BCUT2D eigenvalue weighted by molar-refractivity contribution is 6.30. The third kappa shape index (κ3) is 6.01. The molecule has 23 heavy (non-hydrogen) atoms. The van der Waals surface area contributed by atoms with Crippen LogP contribution in [0.15, 0.2) is 29.3 Å². The fourth-order valence-electron chi connectivity index (χ4n) is 2.67. The SMILES string of the molecule is CN=C(NCc1ccc(Cl)cc1)N1CCC(COCCOC)C1. The summed E-state index contributed by atoms with van der Waals surface area (Å²) in [5.41, 5.74) is 1.19. The molecule has 0 aromatic heterocycles. The third-order valence-corrected chi connectivity index (χ3v) is 4.20. The summed E-state index contributed by atoms with van der Waals surface area (Å²) in [7, 11) is 3.52. The summed E-state index contributed by atoms with van der Waals surface area (Å²) in [4.78, 5) is 6.68. The highest BCUT2D eigenvalue weighted by atomic mass is 35.5. The highest BCUT2D eigenvalue weighted by Gasteiger charge is 2.24. The minimum absolute atomic E-state index is 0.556. The topological polar surface area (TPSA) is 46.1 Å². The average Bonchev–Trinajstić information content (AvgIpc) is 3.03. The van der Waals surface area contributed by atoms with E-state index in [4.69, 9.17) is 21.1 Å². The second kappa shape index (κ2) is 9.75. The number of rotatable bonds is 7. The minimum Gasteiger partial charge on any atom is -0.382 e. The summed E-state index contributed by atoms with van der Waals surface area (Å²) in [5, 5.41) is 4.17. The van der Waals surface area contributed by atoms with Crippen molar-refractivity contribution in [2.24, 2.45) is 10.9 Å². The highest BCUT2D eigenvalue weighted by Crippen LogP contribution is 2.17. The van der Waals surface area contributed by atoms with Gasteiger partial charge >= 0.3 is 0 Å². The quantitative estimate of drug-likeness (QED) is 0.471. The summed E-state index contributed by atoms with van der Waals surface area (Å²) in [6.07, 6.45) is 1.13. The zero-order valence-electron chi connectivity index (χ0n) is 13.9. The molecule has 1 unspecified atom stereocenters. The lowest BCUT2D eigenvalue weighted by Gasteiger charge is -2.21. The van der Waals surface area contributed by atoms with E-state index in [1.165, 1.54) is 5.56 Å². The van der Waals surface area contributed by atoms with Gasteiger partial charge in [-0.1, -0.05) is 23.7 Å². The van der Waals surface area contributed by atoms with Crippen molar-refractivity contribution in [3.63, 3.8) is 0 Å². The van der Waals surface area contributed by atoms with Crippen molar-refractivity contribution in [2.45, 2.75) is 13.0 Å². The van der Waals surface area contributed by atoms with Crippen LogP contribution in [0.5, 0.6) is 0 Å². The number of halogens is 1. The van der Waals surface area contributed by atoms with Gasteiger partial charge in [0.1, 0.15) is 0 Å². The number of benzene rings is 1. The fraction of sp³-hybridized carbons (Fsp3) is 0.588. The molecule has 1 N–H and O–H groups in total. The molecular weight excluding hydrogens is 314 g/mol. The van der Waals surface area contributed by atoms with Crippen LogP contribution in [0.25, 0.3) is 0 Å². The first-order valence-corrected chi connectivity index (χ1v) is 8.37. The number of hydrogen-bond acceptors (Lipinski definition) is 3. The van der Waals surface area contributed by atoms with Gasteiger partial charge in [-0.05, 0) is 24.1 Å². The molecule has 5 nitrogen and oxygen atoms in total. The van der Waals surface area contributed by atoms with E-state index in [-0.39, 0.29) is 0 Å². The van der Waals surface area contributed by atoms with Gasteiger partial charge in [0.25, 0.3) is 0 Å². The van der Waals surface area contributed by atoms with E-state index in [9.17, 15) is 0 Å². The second-order valence-corrected chi connectivity index (χ2v) is 6.13. The number of nitrogens with zero attached hydrogens (tertiary/aromatic N) is 2. The molecule has 2 rings (SSSR count). The van der Waals surface area contributed by atoms with Crippen molar-refractivity contribution < 1.29 is 9.47 Å². The molecule has 0 aliphatic carbocycles. The smallest absolute Gasteiger partial charge is 0.193 e. The Morgan fingerprint density at radius 2 is 2.13 bits per heavy atom. The van der Waals surface area contributed by atoms with Gasteiger partial charge in [-0.2, -0.15) is 0 Å². The average molecular weight is 340 g/mol. The largest absolute Gasteiger partial charge is 0.382 e. The molecule has 1 saturated heterocycles. The Morgan fingerprint density at radius 1 is 1.35 bits per heavy atom. The lowest BCUT2D eigenvalue weighted by atomic mass is 10.1. The van der Waals surface area contributed by atoms with E-state index >= 15 is 0 Å². The Labute approximate surface area is 143 Å². The van der Waals surface area contributed by atoms with Crippen molar-refractivity contribution in [1.29, 1.82) is 0 Å². The maximum atomic E-state index is 5.91. The van der Waals surface area contributed by atoms with Gasteiger partial charge in [-0.15, -0.1) is 0 Å². The molecule has 1 aliphatic heterocycles. The van der Waals surface area contributed by atoms with Gasteiger partial charge in [0, 0.05) is 44.7 Å². The Kier molecular flexibility index (Phi) is 7.65. The molecule has 1 aromatic carbocycles. The Hall–Kier alpha value is -1.30. The molecule has 0 radical (unpaired) electrons. The summed E-state index contributed by atoms with van der Waals surface area (Å²) < 4.78 is 10.6. The zero-order chi connectivity index (χ0) is 16.5. The second-order valence-electron chi connectivity index (χ2n) is 5.70. The Balaban J connectivity index is 1.75. The third-order valence-electron chi connectivity index (χ3n) is 3.95. The van der Waals surface area contributed by atoms with Crippen molar-refractivity contribution in [2.75, 3.05) is 47.1 Å². The Morgan fingerprint density at radius 3 is 2.83 bits per heavy atom. The first kappa shape index (κ1) is 18.0. The molecule has 0 bridgehead atoms. The van der Waals surface area contributed by atoms with E-state index in [0.717, 1.165) is 43.6 Å². The lowest BCUT2D eigenvalue weighted by molar-refractivity contribution is 0.0536. The van der Waals surface area contributed by atoms with Crippen molar-refractivity contribution in [3.8, 4) is 0 Å². The minimum atomic E-state index is 0.556. The van der Waals surface area contributed by atoms with Gasteiger partial charge < -0.3 is 19.7 Å². The van der Waals surface area contributed by atoms with Gasteiger partial charge in [-0.3, -0.25) is 4.99 Å². The van der Waals surface area contributed by atoms with Gasteiger partial charge in [0.15, 0.2) is 5.96 Å². The monoisotopic (exact) mass is 339 g/mol. The maximum Gasteiger partial charge on any atom is 0.193 e. The normalized spacial score (nSPS) is 18.5. The van der Waals surface area contributed by atoms with Gasteiger partial charge in [-0.25, -0.2) is 0 Å². The van der Waals surface area contributed by atoms with Crippen molar-refractivity contribution in [3.05, 3.63) is 34.9 Å². The molecule has 0 spiro atoms. The molecule has 0 saturated carbocycles. The summed E-state index contributed by atoms with van der Waals surface area (Å²) in [5.74, 6) is 1.50. The zero-order valence-corrected chi connectivity index (χ0v) is 14.7. The molecule has 1 aromatic rings. The summed E-state index contributed by atoms with van der Waals surface area (Å²) in [6.45, 7) is 4.84. The lowest BCUT2D eigenvalue weighted by Crippen LogP contribution is -2.39. The molecule has 1 fully saturated rings. The number of likely N-dealkylation sites (tertiary alicyclic amines) is 1. The van der Waals surface area contributed by atoms with Crippen LogP contribution in [-0.2, 0) is 16.0 Å². The number of nitrogens with one attached hydrogen (secondary N) is 1. The van der Waals surface area contributed by atoms with Crippen LogP contribution in [0.4, 0.5) is 0 Å². The molecule has 1 atom stereocenters. The molecule has 0 amide bonds. The van der Waals surface area contributed by atoms with Gasteiger partial charge in [0.05, 0.1) is 19.8 Å². The standard InChI is InChI=1S/C17H26ClN3O2/c1-19-17(20-11-14-3-5-16(18)6-4-14)21-8-7-15(12-21)13-23-10-9-22-2/h3-6,15H,7-13H2,1-2H3,(H,19,20). The maximum absolute atomic E-state index is 5.91. The van der Waals surface area contributed by atoms with E-state index in [1.807, 2.05) is 31.3 Å². The van der Waals surface area contributed by atoms with Crippen LogP contribution in [0, 0.1) is 5.92 Å².